The second-order valence-corrected chi connectivity index (χ2v) is 5.94. The Morgan fingerprint density at radius 1 is 1.30 bits per heavy atom. The van der Waals surface area contributed by atoms with Crippen LogP contribution in [0.15, 0.2) is 24.3 Å². The first-order chi connectivity index (χ1) is 10.8. The topological polar surface area (TPSA) is 53.6 Å². The Labute approximate surface area is 144 Å². The van der Waals surface area contributed by atoms with E-state index in [1.807, 2.05) is 18.2 Å². The number of nitrogens with zero attached hydrogens (tertiary/aromatic N) is 1. The average Bonchev–Trinajstić information content (AvgIpc) is 2.59. The lowest BCUT2D eigenvalue weighted by Crippen LogP contribution is -2.44. The number of benzene rings is 1. The van der Waals surface area contributed by atoms with Gasteiger partial charge in [-0.3, -0.25) is 4.79 Å². The molecule has 1 saturated heterocycles. The molecule has 3 rings (SSSR count). The lowest BCUT2D eigenvalue weighted by atomic mass is 9.97. The van der Waals surface area contributed by atoms with E-state index < -0.39 is 6.10 Å². The molecule has 2 N–H and O–H groups in total. The van der Waals surface area contributed by atoms with Gasteiger partial charge in [0.2, 0.25) is 0 Å². The van der Waals surface area contributed by atoms with Crippen molar-refractivity contribution in [1.29, 1.82) is 0 Å². The molecule has 1 amide bonds. The number of nitrogens with one attached hydrogen (secondary N) is 2. The molecule has 0 aliphatic carbocycles. The smallest absolute Gasteiger partial charge is 0.253 e. The molecule has 1 aromatic rings. The van der Waals surface area contributed by atoms with Crippen LogP contribution in [-0.4, -0.2) is 56.7 Å². The molecule has 0 spiro atoms. The van der Waals surface area contributed by atoms with Crippen LogP contribution in [0.25, 0.3) is 0 Å². The summed E-state index contributed by atoms with van der Waals surface area (Å²) >= 11 is 0. The van der Waals surface area contributed by atoms with Crippen LogP contribution in [-0.2, 0) is 16.0 Å². The maximum Gasteiger partial charge on any atom is 0.253 e. The summed E-state index contributed by atoms with van der Waals surface area (Å²) in [5, 5.41) is 6.37. The van der Waals surface area contributed by atoms with Crippen molar-refractivity contribution in [2.45, 2.75) is 18.9 Å². The summed E-state index contributed by atoms with van der Waals surface area (Å²) in [6, 6.07) is 8.08. The first-order valence-electron chi connectivity index (χ1n) is 8.25. The van der Waals surface area contributed by atoms with Gasteiger partial charge in [-0.1, -0.05) is 24.3 Å². The van der Waals surface area contributed by atoms with Gasteiger partial charge >= 0.3 is 0 Å². The highest BCUT2D eigenvalue weighted by atomic mass is 35.5. The predicted octanol–water partition coefficient (Wildman–Crippen LogP) is 1.13. The van der Waals surface area contributed by atoms with Crippen molar-refractivity contribution >= 4 is 18.3 Å². The van der Waals surface area contributed by atoms with Gasteiger partial charge in [0.25, 0.3) is 5.91 Å². The van der Waals surface area contributed by atoms with Crippen molar-refractivity contribution in [3.05, 3.63) is 35.4 Å². The normalized spacial score (nSPS) is 21.1. The molecule has 2 heterocycles. The lowest BCUT2D eigenvalue weighted by molar-refractivity contribution is -0.134. The van der Waals surface area contributed by atoms with E-state index in [1.54, 1.807) is 0 Å². The zero-order valence-electron chi connectivity index (χ0n) is 13.4. The van der Waals surface area contributed by atoms with Crippen LogP contribution in [0.3, 0.4) is 0 Å². The monoisotopic (exact) mass is 339 g/mol. The number of halogens is 1. The maximum atomic E-state index is 12.4. The summed E-state index contributed by atoms with van der Waals surface area (Å²) in [7, 11) is 0. The molecule has 1 fully saturated rings. The third-order valence-electron chi connectivity index (χ3n) is 4.39. The van der Waals surface area contributed by atoms with E-state index in [0.29, 0.717) is 13.2 Å². The van der Waals surface area contributed by atoms with E-state index in [1.165, 1.54) is 5.56 Å². The minimum Gasteiger partial charge on any atom is -0.363 e. The number of amides is 1. The van der Waals surface area contributed by atoms with Gasteiger partial charge in [-0.2, -0.15) is 0 Å². The molecule has 1 atom stereocenters. The zero-order valence-corrected chi connectivity index (χ0v) is 14.2. The van der Waals surface area contributed by atoms with Gasteiger partial charge in [-0.05, 0) is 30.5 Å². The molecule has 0 aromatic heterocycles. The number of ether oxygens (including phenoxy) is 1. The summed E-state index contributed by atoms with van der Waals surface area (Å²) in [5.74, 6) is -0.00698. The Morgan fingerprint density at radius 2 is 2.09 bits per heavy atom. The molecule has 5 nitrogen and oxygen atoms in total. The minimum atomic E-state index is -0.441. The Bertz CT molecular complexity index is 506. The molecule has 1 aromatic carbocycles. The van der Waals surface area contributed by atoms with Crippen LogP contribution in [0.2, 0.25) is 0 Å². The van der Waals surface area contributed by atoms with Gasteiger partial charge in [0, 0.05) is 32.7 Å². The van der Waals surface area contributed by atoms with Gasteiger partial charge in [0.15, 0.2) is 6.10 Å². The minimum absolute atomic E-state index is 0. The second kappa shape index (κ2) is 9.23. The van der Waals surface area contributed by atoms with Crippen molar-refractivity contribution in [1.82, 2.24) is 15.5 Å². The van der Waals surface area contributed by atoms with Crippen LogP contribution in [0.4, 0.5) is 0 Å². The first kappa shape index (κ1) is 18.2. The average molecular weight is 340 g/mol. The number of hydrogen-bond acceptors (Lipinski definition) is 4. The number of rotatable bonds is 5. The van der Waals surface area contributed by atoms with Crippen molar-refractivity contribution in [2.75, 3.05) is 45.9 Å². The number of piperazine rings is 1. The lowest BCUT2D eigenvalue weighted by Gasteiger charge is -2.27. The SMILES string of the molecule is Cl.O=C(NCCCN1CCNCC1)C1OCCc2ccccc21. The molecule has 6 heteroatoms. The van der Waals surface area contributed by atoms with Crippen LogP contribution in [0.5, 0.6) is 0 Å². The fourth-order valence-corrected chi connectivity index (χ4v) is 3.15. The Hall–Kier alpha value is -1.14. The summed E-state index contributed by atoms with van der Waals surface area (Å²) in [5.41, 5.74) is 2.25. The molecule has 2 aliphatic rings. The quantitative estimate of drug-likeness (QED) is 0.790. The number of hydrogen-bond donors (Lipinski definition) is 2. The van der Waals surface area contributed by atoms with Crippen molar-refractivity contribution in [2.24, 2.45) is 0 Å². The molecular formula is C17H26ClN3O2. The third kappa shape index (κ3) is 4.91. The van der Waals surface area contributed by atoms with Gasteiger partial charge in [0.05, 0.1) is 6.61 Å². The van der Waals surface area contributed by atoms with Gasteiger partial charge in [0.1, 0.15) is 0 Å². The fraction of sp³-hybridized carbons (Fsp3) is 0.588. The molecule has 2 aliphatic heterocycles. The van der Waals surface area contributed by atoms with E-state index in [2.05, 4.69) is 21.6 Å². The molecular weight excluding hydrogens is 314 g/mol. The van der Waals surface area contributed by atoms with Crippen LogP contribution in [0.1, 0.15) is 23.7 Å². The van der Waals surface area contributed by atoms with E-state index >= 15 is 0 Å². The summed E-state index contributed by atoms with van der Waals surface area (Å²) in [6.45, 7) is 6.73. The summed E-state index contributed by atoms with van der Waals surface area (Å²) in [6.07, 6.45) is 1.44. The maximum absolute atomic E-state index is 12.4. The second-order valence-electron chi connectivity index (χ2n) is 5.94. The Balaban J connectivity index is 0.00000192. The molecule has 0 saturated carbocycles. The first-order valence-corrected chi connectivity index (χ1v) is 8.25. The zero-order chi connectivity index (χ0) is 15.2. The van der Waals surface area contributed by atoms with Gasteiger partial charge < -0.3 is 20.3 Å². The van der Waals surface area contributed by atoms with Crippen LogP contribution >= 0.6 is 12.4 Å². The highest BCUT2D eigenvalue weighted by Gasteiger charge is 2.26. The largest absolute Gasteiger partial charge is 0.363 e. The number of fused-ring (bicyclic) bond motifs is 1. The van der Waals surface area contributed by atoms with Crippen molar-refractivity contribution < 1.29 is 9.53 Å². The van der Waals surface area contributed by atoms with E-state index in [0.717, 1.165) is 51.1 Å². The standard InChI is InChI=1S/C17H25N3O2.ClH/c21-17(19-7-3-10-20-11-8-18-9-12-20)16-15-5-2-1-4-14(15)6-13-22-16;/h1-2,4-5,16,18H,3,6-13H2,(H,19,21);1H. The fourth-order valence-electron chi connectivity index (χ4n) is 3.15. The van der Waals surface area contributed by atoms with Crippen molar-refractivity contribution in [3.63, 3.8) is 0 Å². The highest BCUT2D eigenvalue weighted by molar-refractivity contribution is 5.85. The molecule has 1 unspecified atom stereocenters. The molecule has 0 radical (unpaired) electrons. The van der Waals surface area contributed by atoms with Crippen LogP contribution < -0.4 is 10.6 Å². The molecule has 128 valence electrons. The van der Waals surface area contributed by atoms with Crippen LogP contribution in [0, 0.1) is 0 Å². The third-order valence-corrected chi connectivity index (χ3v) is 4.39. The number of carbonyl (C=O) groups is 1. The van der Waals surface area contributed by atoms with Crippen molar-refractivity contribution in [3.8, 4) is 0 Å². The number of carbonyl (C=O) groups excluding carboxylic acids is 1. The van der Waals surface area contributed by atoms with E-state index in [9.17, 15) is 4.79 Å². The van der Waals surface area contributed by atoms with E-state index in [4.69, 9.17) is 4.74 Å². The van der Waals surface area contributed by atoms with E-state index in [-0.39, 0.29) is 18.3 Å². The molecule has 0 bridgehead atoms. The van der Waals surface area contributed by atoms with Gasteiger partial charge in [-0.15, -0.1) is 12.4 Å². The summed E-state index contributed by atoms with van der Waals surface area (Å²) in [4.78, 5) is 14.8. The summed E-state index contributed by atoms with van der Waals surface area (Å²) < 4.78 is 5.68. The highest BCUT2D eigenvalue weighted by Crippen LogP contribution is 2.26. The Kier molecular flexibility index (Phi) is 7.30. The molecule has 23 heavy (non-hydrogen) atoms. The Morgan fingerprint density at radius 3 is 2.91 bits per heavy atom. The predicted molar refractivity (Wildman–Crippen MR) is 93.0 cm³/mol. The van der Waals surface area contributed by atoms with Gasteiger partial charge in [-0.25, -0.2) is 0 Å².